The van der Waals surface area contributed by atoms with Crippen LogP contribution in [0.5, 0.6) is 0 Å². The number of H-pyrrole nitrogens is 1. The molecular weight excluding hydrogens is 574 g/mol. The normalized spacial score (nSPS) is 12.0. The van der Waals surface area contributed by atoms with E-state index in [2.05, 4.69) is 39.1 Å². The highest BCUT2D eigenvalue weighted by Gasteiger charge is 2.21. The van der Waals surface area contributed by atoms with Gasteiger partial charge >= 0.3 is 12.1 Å². The van der Waals surface area contributed by atoms with Crippen molar-refractivity contribution in [2.75, 3.05) is 30.0 Å². The molecule has 45 heavy (non-hydrogen) atoms. The molecule has 4 N–H and O–H groups in total. The number of hydrogen-bond donors (Lipinski definition) is 3. The first-order valence-corrected chi connectivity index (χ1v) is 15.0. The number of carbonyl (C=O) groups is 3. The minimum atomic E-state index is -0.700. The summed E-state index contributed by atoms with van der Waals surface area (Å²) in [6.45, 7) is 7.04. The lowest BCUT2D eigenvalue weighted by molar-refractivity contribution is -0.142. The van der Waals surface area contributed by atoms with Crippen LogP contribution in [0.2, 0.25) is 0 Å². The number of imidazole rings is 1. The van der Waals surface area contributed by atoms with E-state index in [4.69, 9.17) is 15.2 Å². The summed E-state index contributed by atoms with van der Waals surface area (Å²) in [5, 5.41) is 3.29. The smallest absolute Gasteiger partial charge is 0.435 e. The maximum atomic E-state index is 13.5. The number of fused-ring (bicyclic) bond motifs is 1. The van der Waals surface area contributed by atoms with Crippen LogP contribution in [0.25, 0.3) is 11.0 Å². The maximum absolute atomic E-state index is 13.5. The van der Waals surface area contributed by atoms with E-state index in [9.17, 15) is 14.4 Å². The zero-order chi connectivity index (χ0) is 32.2. The second-order valence-electron chi connectivity index (χ2n) is 10.5. The number of benzene rings is 2. The number of aromatic nitrogens is 3. The van der Waals surface area contributed by atoms with Crippen LogP contribution in [0, 0.1) is 5.92 Å². The van der Waals surface area contributed by atoms with Crippen LogP contribution in [-0.2, 0) is 20.8 Å². The van der Waals surface area contributed by atoms with Crippen LogP contribution < -0.4 is 16.0 Å². The van der Waals surface area contributed by atoms with Crippen LogP contribution in [0.1, 0.15) is 61.8 Å². The van der Waals surface area contributed by atoms with Crippen LogP contribution in [-0.4, -0.2) is 58.5 Å². The molecule has 0 spiro atoms. The summed E-state index contributed by atoms with van der Waals surface area (Å²) in [6, 6.07) is 17.7. The van der Waals surface area contributed by atoms with E-state index in [1.165, 1.54) is 4.90 Å². The van der Waals surface area contributed by atoms with E-state index in [1.54, 1.807) is 61.7 Å². The van der Waals surface area contributed by atoms with Crippen molar-refractivity contribution in [1.82, 2.24) is 15.0 Å². The summed E-state index contributed by atoms with van der Waals surface area (Å²) in [5.41, 5.74) is 9.22. The van der Waals surface area contributed by atoms with E-state index in [-0.39, 0.29) is 37.3 Å². The number of aromatic amines is 1. The molecule has 1 unspecified atom stereocenters. The quantitative estimate of drug-likeness (QED) is 0.0953. The Kier molecular flexibility index (Phi) is 11.6. The molecule has 12 nitrogen and oxygen atoms in total. The van der Waals surface area contributed by atoms with Gasteiger partial charge in [-0.2, -0.15) is 4.99 Å². The Morgan fingerprint density at radius 3 is 2.53 bits per heavy atom. The minimum Gasteiger partial charge on any atom is -0.466 e. The lowest BCUT2D eigenvalue weighted by Gasteiger charge is -2.21. The number of rotatable bonds is 14. The third-order valence-electron chi connectivity index (χ3n) is 7.18. The van der Waals surface area contributed by atoms with Gasteiger partial charge in [-0.25, -0.2) is 14.8 Å². The highest BCUT2D eigenvalue weighted by atomic mass is 16.5. The average Bonchev–Trinajstić information content (AvgIpc) is 3.47. The molecule has 4 aromatic rings. The standard InChI is InChI=1S/C33H39N7O5/c1-4-22(3)16-19-45-33(43)39-31(34)23-9-12-25(13-10-23)36-21-28-37-26-14-11-24(20-27(26)38-28)32(42)40(18-15-30(41)44-5-2)29-8-6-7-17-35-29/h6-14,17,20,22,36H,4-5,15-16,18-19,21H2,1-3H3,(H,37,38)(H2,34,39,43). The number of pyridine rings is 1. The number of nitrogens with two attached hydrogens (primary N) is 1. The Morgan fingerprint density at radius 2 is 1.82 bits per heavy atom. The summed E-state index contributed by atoms with van der Waals surface area (Å²) in [7, 11) is 0. The SMILES string of the molecule is CCOC(=O)CCN(C(=O)c1ccc2[nH]c(CNc3ccc(/C(N)=N\C(=O)OCCC(C)CC)cc3)nc2c1)c1ccccn1. The fourth-order valence-electron chi connectivity index (χ4n) is 4.39. The molecule has 0 bridgehead atoms. The number of nitrogens with one attached hydrogen (secondary N) is 2. The fourth-order valence-corrected chi connectivity index (χ4v) is 4.39. The average molecular weight is 614 g/mol. The van der Waals surface area contributed by atoms with Gasteiger partial charge in [0.15, 0.2) is 0 Å². The lowest BCUT2D eigenvalue weighted by atomic mass is 10.1. The summed E-state index contributed by atoms with van der Waals surface area (Å²) >= 11 is 0. The van der Waals surface area contributed by atoms with Crippen molar-refractivity contribution in [2.24, 2.45) is 16.6 Å². The minimum absolute atomic E-state index is 0.0437. The van der Waals surface area contributed by atoms with Gasteiger partial charge in [-0.3, -0.25) is 14.5 Å². The monoisotopic (exact) mass is 613 g/mol. The van der Waals surface area contributed by atoms with Crippen molar-refractivity contribution in [3.8, 4) is 0 Å². The van der Waals surface area contributed by atoms with Crippen LogP contribution >= 0.6 is 0 Å². The van der Waals surface area contributed by atoms with Crippen molar-refractivity contribution in [2.45, 2.75) is 46.6 Å². The van der Waals surface area contributed by atoms with Gasteiger partial charge in [0, 0.05) is 29.6 Å². The second kappa shape index (κ2) is 16.0. The number of esters is 1. The maximum Gasteiger partial charge on any atom is 0.435 e. The Balaban J connectivity index is 1.38. The number of amides is 2. The number of ether oxygens (including phenoxy) is 2. The molecular formula is C33H39N7O5. The molecule has 4 rings (SSSR count). The van der Waals surface area contributed by atoms with Crippen molar-refractivity contribution >= 4 is 46.3 Å². The summed E-state index contributed by atoms with van der Waals surface area (Å²) in [4.78, 5) is 55.0. The van der Waals surface area contributed by atoms with Gasteiger partial charge in [-0.05, 0) is 73.9 Å². The van der Waals surface area contributed by atoms with E-state index in [0.29, 0.717) is 47.4 Å². The van der Waals surface area contributed by atoms with E-state index in [0.717, 1.165) is 24.0 Å². The molecule has 1 atom stereocenters. The van der Waals surface area contributed by atoms with E-state index < -0.39 is 6.09 Å². The zero-order valence-corrected chi connectivity index (χ0v) is 25.8. The van der Waals surface area contributed by atoms with Gasteiger partial charge in [0.05, 0.1) is 37.2 Å². The number of amidine groups is 1. The van der Waals surface area contributed by atoms with E-state index in [1.807, 2.05) is 12.1 Å². The number of hydrogen-bond acceptors (Lipinski definition) is 8. The van der Waals surface area contributed by atoms with Gasteiger partial charge in [0.1, 0.15) is 17.5 Å². The van der Waals surface area contributed by atoms with Gasteiger partial charge in [0.2, 0.25) is 0 Å². The molecule has 0 aliphatic rings. The van der Waals surface area contributed by atoms with E-state index >= 15 is 0 Å². The van der Waals surface area contributed by atoms with Crippen molar-refractivity contribution in [3.63, 3.8) is 0 Å². The van der Waals surface area contributed by atoms with Gasteiger partial charge < -0.3 is 25.5 Å². The number of aliphatic imine (C=N–C) groups is 1. The number of carbonyl (C=O) groups excluding carboxylic acids is 3. The number of anilines is 2. The molecule has 0 saturated carbocycles. The molecule has 2 aromatic heterocycles. The fraction of sp³-hybridized carbons (Fsp3) is 0.333. The molecule has 0 aliphatic heterocycles. The third kappa shape index (κ3) is 9.36. The molecule has 236 valence electrons. The predicted octanol–water partition coefficient (Wildman–Crippen LogP) is 5.45. The number of nitrogens with zero attached hydrogens (tertiary/aromatic N) is 4. The molecule has 2 heterocycles. The first-order valence-electron chi connectivity index (χ1n) is 15.0. The molecule has 12 heteroatoms. The molecule has 0 radical (unpaired) electrons. The van der Waals surface area contributed by atoms with Crippen molar-refractivity contribution in [1.29, 1.82) is 0 Å². The molecule has 2 amide bonds. The molecule has 0 saturated heterocycles. The lowest BCUT2D eigenvalue weighted by Crippen LogP contribution is -2.34. The Labute approximate surface area is 262 Å². The molecule has 2 aromatic carbocycles. The first-order chi connectivity index (χ1) is 21.8. The highest BCUT2D eigenvalue weighted by molar-refractivity contribution is 6.07. The summed E-state index contributed by atoms with van der Waals surface area (Å²) < 4.78 is 10.2. The Hall–Kier alpha value is -5.26. The van der Waals surface area contributed by atoms with Crippen molar-refractivity contribution < 1.29 is 23.9 Å². The van der Waals surface area contributed by atoms with Crippen molar-refractivity contribution in [3.05, 3.63) is 83.8 Å². The van der Waals surface area contributed by atoms with Gasteiger partial charge in [-0.15, -0.1) is 0 Å². The third-order valence-corrected chi connectivity index (χ3v) is 7.18. The molecule has 0 aliphatic carbocycles. The first kappa shape index (κ1) is 32.6. The Morgan fingerprint density at radius 1 is 1.04 bits per heavy atom. The topological polar surface area (TPSA) is 165 Å². The Bertz CT molecular complexity index is 1620. The molecule has 0 fully saturated rings. The van der Waals surface area contributed by atoms with Crippen LogP contribution in [0.4, 0.5) is 16.3 Å². The van der Waals surface area contributed by atoms with Gasteiger partial charge in [-0.1, -0.05) is 26.3 Å². The van der Waals surface area contributed by atoms with Crippen LogP contribution in [0.3, 0.4) is 0 Å². The second-order valence-corrected chi connectivity index (χ2v) is 10.5. The largest absolute Gasteiger partial charge is 0.466 e. The predicted molar refractivity (Wildman–Crippen MR) is 173 cm³/mol. The van der Waals surface area contributed by atoms with Gasteiger partial charge in [0.25, 0.3) is 5.91 Å². The van der Waals surface area contributed by atoms with Crippen LogP contribution in [0.15, 0.2) is 71.9 Å². The zero-order valence-electron chi connectivity index (χ0n) is 25.8. The summed E-state index contributed by atoms with van der Waals surface area (Å²) in [5.74, 6) is 0.984. The highest BCUT2D eigenvalue weighted by Crippen LogP contribution is 2.20. The summed E-state index contributed by atoms with van der Waals surface area (Å²) in [6.07, 6.45) is 2.75.